The van der Waals surface area contributed by atoms with Gasteiger partial charge in [0.2, 0.25) is 27.7 Å². The molecule has 7 atom stereocenters. The molecule has 1 aromatic carbocycles. The number of aromatic nitrogens is 1. The van der Waals surface area contributed by atoms with Crippen molar-refractivity contribution in [1.82, 2.24) is 30.1 Å². The van der Waals surface area contributed by atoms with E-state index in [2.05, 4.69) is 20.3 Å². The highest BCUT2D eigenvalue weighted by atomic mass is 32.2. The fourth-order valence-electron chi connectivity index (χ4n) is 9.76. The second kappa shape index (κ2) is 18.2. The number of carbonyl (C=O) groups excluding carboxylic acids is 4. The van der Waals surface area contributed by atoms with Crippen molar-refractivity contribution < 1.29 is 46.5 Å². The Bertz CT molecular complexity index is 2210. The number of carbonyl (C=O) groups is 4. The van der Waals surface area contributed by atoms with Crippen LogP contribution in [0.3, 0.4) is 0 Å². The van der Waals surface area contributed by atoms with Gasteiger partial charge in [0.15, 0.2) is 0 Å². The van der Waals surface area contributed by atoms with E-state index in [1.165, 1.54) is 4.90 Å². The minimum absolute atomic E-state index is 0.00523. The van der Waals surface area contributed by atoms with Crippen LogP contribution in [0.5, 0.6) is 11.6 Å². The summed E-state index contributed by atoms with van der Waals surface area (Å²) in [5, 5.41) is 6.71. The third kappa shape index (κ3) is 9.65. The van der Waals surface area contributed by atoms with Crippen LogP contribution in [0.25, 0.3) is 10.9 Å². The number of para-hydroxylation sites is 1. The van der Waals surface area contributed by atoms with E-state index in [-0.39, 0.29) is 31.4 Å². The molecule has 4 aliphatic heterocycles. The molecule has 63 heavy (non-hydrogen) atoms. The third-order valence-corrected chi connectivity index (χ3v) is 16.5. The molecular weight excluding hydrogens is 829 g/mol. The van der Waals surface area contributed by atoms with Gasteiger partial charge in [0.25, 0.3) is 5.91 Å². The molecule has 0 spiro atoms. The number of allylic oxidation sites excluding steroid dienone is 1. The Morgan fingerprint density at radius 2 is 1.79 bits per heavy atom. The number of hydrogen-bond donors (Lipinski definition) is 3. The minimum Gasteiger partial charge on any atom is -0.491 e. The normalized spacial score (nSPS) is 31.5. The molecule has 0 radical (unpaired) electrons. The highest BCUT2D eigenvalue weighted by Gasteiger charge is 2.63. The van der Waals surface area contributed by atoms with Crippen LogP contribution in [0.2, 0.25) is 0 Å². The summed E-state index contributed by atoms with van der Waals surface area (Å²) in [4.78, 5) is 65.8. The molecule has 0 unspecified atom stereocenters. The topological polar surface area (TPSA) is 195 Å². The lowest BCUT2D eigenvalue weighted by atomic mass is 10.0. The summed E-state index contributed by atoms with van der Waals surface area (Å²) in [5.41, 5.74) is 0.0119. The standard InChI is InChI=1S/C46H62N6O10S/c1-45(18-19-45)63(57,58)50-43(55)46-28-31(46)13-7-3-2-4-9-17-36-42(54)52-29-32(27-37(52)40(53)49-46)61-41-34(15-8-5-6-12-30-26-38(30)62-44(56)48-36)39(33-14-10-11-16-35(33)47-41)60-25-22-51-20-23-59-24-21-51/h7,10-11,13-14,16,30-32,36-38H,2-6,8-9,12,15,17-29H2,1H3,(H,48,56)(H,49,53)(H,50,55)/t30-,31-,32-,36+,37+,38-,46-/m1/s1. The zero-order valence-corrected chi connectivity index (χ0v) is 37.1. The number of nitrogens with one attached hydrogen (secondary N) is 3. The first kappa shape index (κ1) is 43.8. The molecule has 3 saturated carbocycles. The van der Waals surface area contributed by atoms with Crippen LogP contribution < -0.4 is 24.8 Å². The zero-order chi connectivity index (χ0) is 43.8. The highest BCUT2D eigenvalue weighted by Crippen LogP contribution is 2.48. The Labute approximate surface area is 369 Å². The molecule has 3 aliphatic carbocycles. The number of morpholine rings is 1. The third-order valence-electron chi connectivity index (χ3n) is 14.3. The first-order chi connectivity index (χ1) is 30.4. The fourth-order valence-corrected chi connectivity index (χ4v) is 11.1. The van der Waals surface area contributed by atoms with Crippen LogP contribution in [0, 0.1) is 11.8 Å². The van der Waals surface area contributed by atoms with Gasteiger partial charge >= 0.3 is 6.09 Å². The minimum atomic E-state index is -4.00. The molecule has 4 amide bonds. The summed E-state index contributed by atoms with van der Waals surface area (Å²) >= 11 is 0. The van der Waals surface area contributed by atoms with E-state index in [1.807, 2.05) is 36.4 Å². The quantitative estimate of drug-likeness (QED) is 0.335. The number of fused-ring (bicyclic) bond motifs is 6. The van der Waals surface area contributed by atoms with Crippen molar-refractivity contribution in [2.24, 2.45) is 11.8 Å². The van der Waals surface area contributed by atoms with Crippen LogP contribution in [0.1, 0.15) is 102 Å². The molecule has 2 saturated heterocycles. The molecule has 5 heterocycles. The predicted octanol–water partition coefficient (Wildman–Crippen LogP) is 4.29. The van der Waals surface area contributed by atoms with E-state index >= 15 is 0 Å². The van der Waals surface area contributed by atoms with Crippen molar-refractivity contribution in [1.29, 1.82) is 0 Å². The maximum absolute atomic E-state index is 14.8. The lowest BCUT2D eigenvalue weighted by Crippen LogP contribution is -2.58. The van der Waals surface area contributed by atoms with E-state index in [9.17, 15) is 27.6 Å². The van der Waals surface area contributed by atoms with Gasteiger partial charge in [-0.2, -0.15) is 0 Å². The number of rotatable bonds is 7. The predicted molar refractivity (Wildman–Crippen MR) is 232 cm³/mol. The first-order valence-corrected chi connectivity index (χ1v) is 24.8. The Kier molecular flexibility index (Phi) is 12.6. The molecule has 3 bridgehead atoms. The van der Waals surface area contributed by atoms with Crippen LogP contribution >= 0.6 is 0 Å². The molecule has 16 nitrogen and oxygen atoms in total. The fraction of sp³-hybridized carbons (Fsp3) is 0.674. The second-order valence-corrected chi connectivity index (χ2v) is 21.2. The average molecular weight is 891 g/mol. The Morgan fingerprint density at radius 3 is 2.62 bits per heavy atom. The van der Waals surface area contributed by atoms with Crippen molar-refractivity contribution in [3.63, 3.8) is 0 Å². The molecule has 5 fully saturated rings. The van der Waals surface area contributed by atoms with Gasteiger partial charge in [-0.25, -0.2) is 18.2 Å². The van der Waals surface area contributed by atoms with Gasteiger partial charge in [0.1, 0.15) is 42.2 Å². The van der Waals surface area contributed by atoms with Gasteiger partial charge in [-0.1, -0.05) is 50.0 Å². The monoisotopic (exact) mass is 890 g/mol. The smallest absolute Gasteiger partial charge is 0.408 e. The number of nitrogens with zero attached hydrogens (tertiary/aromatic N) is 3. The van der Waals surface area contributed by atoms with Gasteiger partial charge in [-0.15, -0.1) is 0 Å². The lowest BCUT2D eigenvalue weighted by molar-refractivity contribution is -0.141. The number of ether oxygens (including phenoxy) is 4. The van der Waals surface area contributed by atoms with Gasteiger partial charge in [-0.3, -0.25) is 24.0 Å². The van der Waals surface area contributed by atoms with E-state index in [0.717, 1.165) is 75.5 Å². The molecule has 342 valence electrons. The van der Waals surface area contributed by atoms with Crippen molar-refractivity contribution in [2.75, 3.05) is 46.0 Å². The van der Waals surface area contributed by atoms with Crippen molar-refractivity contribution in [3.05, 3.63) is 42.0 Å². The van der Waals surface area contributed by atoms with Crippen molar-refractivity contribution in [2.45, 2.75) is 138 Å². The highest BCUT2D eigenvalue weighted by molar-refractivity contribution is 7.91. The zero-order valence-electron chi connectivity index (χ0n) is 36.3. The Morgan fingerprint density at radius 1 is 1.00 bits per heavy atom. The largest absolute Gasteiger partial charge is 0.491 e. The van der Waals surface area contributed by atoms with Crippen LogP contribution in [0.15, 0.2) is 36.4 Å². The maximum atomic E-state index is 14.8. The molecule has 17 heteroatoms. The summed E-state index contributed by atoms with van der Waals surface area (Å²) < 4.78 is 52.8. The van der Waals surface area contributed by atoms with Gasteiger partial charge in [-0.05, 0) is 89.2 Å². The van der Waals surface area contributed by atoms with Crippen molar-refractivity contribution in [3.8, 4) is 11.6 Å². The second-order valence-electron chi connectivity index (χ2n) is 19.0. The lowest BCUT2D eigenvalue weighted by Gasteiger charge is -2.30. The molecular formula is C46H62N6O10S. The van der Waals surface area contributed by atoms with Gasteiger partial charge in [0, 0.05) is 37.4 Å². The average Bonchev–Trinajstić information content (AvgIpc) is 4.23. The van der Waals surface area contributed by atoms with Crippen LogP contribution in [0.4, 0.5) is 4.79 Å². The van der Waals surface area contributed by atoms with Crippen LogP contribution in [-0.2, 0) is 40.3 Å². The van der Waals surface area contributed by atoms with E-state index in [0.29, 0.717) is 75.5 Å². The molecule has 1 aromatic heterocycles. The van der Waals surface area contributed by atoms with E-state index < -0.39 is 68.2 Å². The molecule has 9 rings (SSSR count). The maximum Gasteiger partial charge on any atom is 0.408 e. The number of amides is 4. The molecule has 7 aliphatic rings. The SMILES string of the molecule is CC1(S(=O)(=O)NC(=O)[C@@]23C[C@H]2C=CCCCCC[C@@H]2NC(=O)O[C@@H]4C[C@H]4CCCCCc4c(nc5ccccc5c4OCCN4CCOCC4)O[C@@H]4C[C@@H](C(=O)N3)N(C4)C2=O)CC1. The van der Waals surface area contributed by atoms with Crippen molar-refractivity contribution >= 4 is 44.7 Å². The summed E-state index contributed by atoms with van der Waals surface area (Å²) in [6.07, 6.45) is 11.8. The summed E-state index contributed by atoms with van der Waals surface area (Å²) in [5.74, 6) is -0.900. The molecule has 2 aromatic rings. The Hall–Kier alpha value is -4.48. The van der Waals surface area contributed by atoms with Crippen LogP contribution in [-0.4, -0.2) is 128 Å². The van der Waals surface area contributed by atoms with E-state index in [1.54, 1.807) is 6.92 Å². The summed E-state index contributed by atoms with van der Waals surface area (Å²) in [6.45, 7) is 5.86. The first-order valence-electron chi connectivity index (χ1n) is 23.3. The summed E-state index contributed by atoms with van der Waals surface area (Å²) in [7, 11) is -4.00. The van der Waals surface area contributed by atoms with Gasteiger partial charge in [0.05, 0.1) is 35.6 Å². The summed E-state index contributed by atoms with van der Waals surface area (Å²) in [6, 6.07) is 5.74. The number of pyridine rings is 1. The number of sulfonamides is 1. The molecule has 3 N–H and O–H groups in total. The number of benzene rings is 1. The number of hydrogen-bond acceptors (Lipinski definition) is 12. The number of alkyl carbamates (subject to hydrolysis) is 1. The Balaban J connectivity index is 1.05. The van der Waals surface area contributed by atoms with Gasteiger partial charge < -0.3 is 34.5 Å². The van der Waals surface area contributed by atoms with E-state index in [4.69, 9.17) is 23.9 Å².